The third-order valence-corrected chi connectivity index (χ3v) is 3.05. The summed E-state index contributed by atoms with van der Waals surface area (Å²) in [5.74, 6) is 1.43. The molecule has 1 aromatic carbocycles. The Hall–Kier alpha value is -1.87. The van der Waals surface area contributed by atoms with Crippen LogP contribution in [0.15, 0.2) is 36.5 Å². The maximum Gasteiger partial charge on any atom is 0.219 e. The van der Waals surface area contributed by atoms with E-state index in [1.807, 2.05) is 38.1 Å². The number of hydrogen-bond donors (Lipinski definition) is 1. The van der Waals surface area contributed by atoms with Crippen LogP contribution in [0.2, 0.25) is 0 Å². The summed E-state index contributed by atoms with van der Waals surface area (Å²) in [5, 5.41) is 0. The number of nitrogens with two attached hydrogens (primary N) is 1. The summed E-state index contributed by atoms with van der Waals surface area (Å²) in [5.41, 5.74) is 9.13. The lowest BCUT2D eigenvalue weighted by Crippen LogP contribution is -2.05. The lowest BCUT2D eigenvalue weighted by Gasteiger charge is -2.10. The van der Waals surface area contributed by atoms with Crippen LogP contribution < -0.4 is 10.5 Å². The molecule has 0 bridgehead atoms. The van der Waals surface area contributed by atoms with Crippen molar-refractivity contribution in [3.05, 3.63) is 53.2 Å². The molecule has 3 heteroatoms. The van der Waals surface area contributed by atoms with Crippen LogP contribution in [0.4, 0.5) is 0 Å². The van der Waals surface area contributed by atoms with Gasteiger partial charge in [-0.1, -0.05) is 18.2 Å². The molecule has 0 radical (unpaired) electrons. The molecule has 0 aliphatic heterocycles. The maximum absolute atomic E-state index is 5.78. The second kappa shape index (κ2) is 5.19. The molecule has 18 heavy (non-hydrogen) atoms. The fraction of sp³-hybridized carbons (Fsp3) is 0.267. The summed E-state index contributed by atoms with van der Waals surface area (Å²) in [6, 6.07) is 9.78. The van der Waals surface area contributed by atoms with Gasteiger partial charge < -0.3 is 10.5 Å². The molecule has 0 fully saturated rings. The minimum atomic E-state index is -0.00717. The van der Waals surface area contributed by atoms with Gasteiger partial charge in [0.2, 0.25) is 5.88 Å². The molecule has 3 nitrogen and oxygen atoms in total. The zero-order valence-electron chi connectivity index (χ0n) is 11.0. The highest BCUT2D eigenvalue weighted by atomic mass is 16.5. The zero-order chi connectivity index (χ0) is 13.1. The van der Waals surface area contributed by atoms with Gasteiger partial charge in [0.05, 0.1) is 0 Å². The molecule has 94 valence electrons. The molecule has 1 aromatic heterocycles. The minimum Gasteiger partial charge on any atom is -0.439 e. The second-order valence-corrected chi connectivity index (χ2v) is 4.52. The Balaban J connectivity index is 2.21. The zero-order valence-corrected chi connectivity index (χ0v) is 11.0. The molecule has 0 spiro atoms. The predicted octanol–water partition coefficient (Wildman–Crippen LogP) is 3.51. The van der Waals surface area contributed by atoms with E-state index in [0.29, 0.717) is 5.88 Å². The monoisotopic (exact) mass is 242 g/mol. The highest BCUT2D eigenvalue weighted by Crippen LogP contribution is 2.25. The Morgan fingerprint density at radius 2 is 1.94 bits per heavy atom. The van der Waals surface area contributed by atoms with Crippen LogP contribution in [0.5, 0.6) is 11.6 Å². The van der Waals surface area contributed by atoms with Crippen LogP contribution in [-0.4, -0.2) is 4.98 Å². The lowest BCUT2D eigenvalue weighted by atomic mass is 10.1. The topological polar surface area (TPSA) is 48.1 Å². The Morgan fingerprint density at radius 3 is 2.56 bits per heavy atom. The van der Waals surface area contributed by atoms with E-state index in [1.165, 1.54) is 5.56 Å². The first-order chi connectivity index (χ1) is 8.58. The van der Waals surface area contributed by atoms with Crippen molar-refractivity contribution in [1.29, 1.82) is 0 Å². The Morgan fingerprint density at radius 1 is 1.17 bits per heavy atom. The van der Waals surface area contributed by atoms with Gasteiger partial charge in [0.15, 0.2) is 0 Å². The molecule has 0 aliphatic carbocycles. The quantitative estimate of drug-likeness (QED) is 0.896. The van der Waals surface area contributed by atoms with Crippen molar-refractivity contribution < 1.29 is 4.74 Å². The average molecular weight is 242 g/mol. The van der Waals surface area contributed by atoms with E-state index >= 15 is 0 Å². The van der Waals surface area contributed by atoms with Crippen molar-refractivity contribution in [1.82, 2.24) is 4.98 Å². The van der Waals surface area contributed by atoms with Crippen molar-refractivity contribution in [2.45, 2.75) is 26.8 Å². The fourth-order valence-corrected chi connectivity index (χ4v) is 1.67. The molecular formula is C15H18N2O. The first-order valence-electron chi connectivity index (χ1n) is 6.03. The first kappa shape index (κ1) is 12.6. The number of rotatable bonds is 3. The Kier molecular flexibility index (Phi) is 3.63. The number of aromatic nitrogens is 1. The molecule has 1 heterocycles. The van der Waals surface area contributed by atoms with Gasteiger partial charge in [-0.25, -0.2) is 4.98 Å². The van der Waals surface area contributed by atoms with Crippen LogP contribution in [0.3, 0.4) is 0 Å². The van der Waals surface area contributed by atoms with E-state index in [2.05, 4.69) is 18.0 Å². The third kappa shape index (κ3) is 2.68. The molecule has 0 saturated carbocycles. The Labute approximate surface area is 108 Å². The van der Waals surface area contributed by atoms with Crippen molar-refractivity contribution in [3.63, 3.8) is 0 Å². The van der Waals surface area contributed by atoms with E-state index in [-0.39, 0.29) is 6.04 Å². The number of hydrogen-bond acceptors (Lipinski definition) is 3. The highest BCUT2D eigenvalue weighted by molar-refractivity contribution is 5.40. The fourth-order valence-electron chi connectivity index (χ4n) is 1.67. The maximum atomic E-state index is 5.78. The van der Waals surface area contributed by atoms with Gasteiger partial charge in [-0.15, -0.1) is 0 Å². The number of benzene rings is 1. The number of pyridine rings is 1. The second-order valence-electron chi connectivity index (χ2n) is 4.52. The molecule has 0 amide bonds. The van der Waals surface area contributed by atoms with Gasteiger partial charge in [0.25, 0.3) is 0 Å². The SMILES string of the molecule is Cc1cccc(Oc2ccc(C(C)N)cn2)c1C. The van der Waals surface area contributed by atoms with E-state index in [0.717, 1.165) is 16.9 Å². The smallest absolute Gasteiger partial charge is 0.219 e. The largest absolute Gasteiger partial charge is 0.439 e. The van der Waals surface area contributed by atoms with Gasteiger partial charge in [-0.3, -0.25) is 0 Å². The molecule has 2 rings (SSSR count). The van der Waals surface area contributed by atoms with E-state index in [9.17, 15) is 0 Å². The highest BCUT2D eigenvalue weighted by Gasteiger charge is 2.05. The Bertz CT molecular complexity index is 533. The van der Waals surface area contributed by atoms with Crippen molar-refractivity contribution in [2.75, 3.05) is 0 Å². The van der Waals surface area contributed by atoms with Gasteiger partial charge in [0.1, 0.15) is 5.75 Å². The molecule has 2 aromatic rings. The summed E-state index contributed by atoms with van der Waals surface area (Å²) < 4.78 is 5.77. The summed E-state index contributed by atoms with van der Waals surface area (Å²) in [7, 11) is 0. The number of nitrogens with zero attached hydrogens (tertiary/aromatic N) is 1. The van der Waals surface area contributed by atoms with Gasteiger partial charge in [-0.2, -0.15) is 0 Å². The van der Waals surface area contributed by atoms with Crippen molar-refractivity contribution in [3.8, 4) is 11.6 Å². The normalized spacial score (nSPS) is 12.2. The average Bonchev–Trinajstić information content (AvgIpc) is 2.36. The summed E-state index contributed by atoms with van der Waals surface area (Å²) >= 11 is 0. The lowest BCUT2D eigenvalue weighted by molar-refractivity contribution is 0.458. The predicted molar refractivity (Wildman–Crippen MR) is 72.8 cm³/mol. The van der Waals surface area contributed by atoms with Crippen LogP contribution >= 0.6 is 0 Å². The van der Waals surface area contributed by atoms with E-state index in [1.54, 1.807) is 6.20 Å². The summed E-state index contributed by atoms with van der Waals surface area (Å²) in [6.45, 7) is 6.04. The summed E-state index contributed by atoms with van der Waals surface area (Å²) in [4.78, 5) is 4.26. The molecular weight excluding hydrogens is 224 g/mol. The minimum absolute atomic E-state index is 0.00717. The van der Waals surface area contributed by atoms with Crippen molar-refractivity contribution >= 4 is 0 Å². The van der Waals surface area contributed by atoms with Crippen molar-refractivity contribution in [2.24, 2.45) is 5.73 Å². The van der Waals surface area contributed by atoms with Crippen LogP contribution in [0, 0.1) is 13.8 Å². The molecule has 1 atom stereocenters. The van der Waals surface area contributed by atoms with Gasteiger partial charge >= 0.3 is 0 Å². The van der Waals surface area contributed by atoms with Gasteiger partial charge in [0, 0.05) is 18.3 Å². The van der Waals surface area contributed by atoms with Crippen LogP contribution in [0.25, 0.3) is 0 Å². The third-order valence-electron chi connectivity index (χ3n) is 3.05. The molecule has 1 unspecified atom stereocenters. The van der Waals surface area contributed by atoms with E-state index in [4.69, 9.17) is 10.5 Å². The van der Waals surface area contributed by atoms with Crippen LogP contribution in [-0.2, 0) is 0 Å². The summed E-state index contributed by atoms with van der Waals surface area (Å²) in [6.07, 6.45) is 1.76. The van der Waals surface area contributed by atoms with Gasteiger partial charge in [-0.05, 0) is 43.5 Å². The number of aryl methyl sites for hydroxylation is 1. The van der Waals surface area contributed by atoms with E-state index < -0.39 is 0 Å². The first-order valence-corrected chi connectivity index (χ1v) is 6.03. The standard InChI is InChI=1S/C15H18N2O/c1-10-5-4-6-14(11(10)2)18-15-8-7-13(9-17-15)12(3)16/h4-9,12H,16H2,1-3H3. The molecule has 2 N–H and O–H groups in total. The number of ether oxygens (including phenoxy) is 1. The molecule has 0 aliphatic rings. The van der Waals surface area contributed by atoms with Crippen LogP contribution in [0.1, 0.15) is 29.7 Å². The molecule has 0 saturated heterocycles.